The van der Waals surface area contributed by atoms with Crippen LogP contribution in [0, 0.1) is 5.82 Å². The van der Waals surface area contributed by atoms with Gasteiger partial charge in [0.15, 0.2) is 0 Å². The lowest BCUT2D eigenvalue weighted by Gasteiger charge is -2.06. The molecule has 76 valence electrons. The number of ether oxygens (including phenoxy) is 1. The molecule has 0 amide bonds. The van der Waals surface area contributed by atoms with Crippen molar-refractivity contribution < 1.29 is 14.2 Å². The van der Waals surface area contributed by atoms with E-state index in [2.05, 4.69) is 12.2 Å². The molecule has 0 unspecified atom stereocenters. The summed E-state index contributed by atoms with van der Waals surface area (Å²) < 4.78 is 18.2. The Balaban J connectivity index is 2.83. The van der Waals surface area contributed by atoms with E-state index in [9.17, 15) is 4.39 Å². The number of halogens is 1. The van der Waals surface area contributed by atoms with Crippen LogP contribution in [0.5, 0.6) is 5.75 Å². The van der Waals surface area contributed by atoms with Crippen LogP contribution in [-0.4, -0.2) is 23.3 Å². The molecule has 0 saturated heterocycles. The van der Waals surface area contributed by atoms with Crippen molar-refractivity contribution >= 4 is 17.2 Å². The van der Waals surface area contributed by atoms with Gasteiger partial charge in [0, 0.05) is 11.6 Å². The zero-order valence-electron chi connectivity index (χ0n) is 7.37. The van der Waals surface area contributed by atoms with E-state index in [4.69, 9.17) is 15.6 Å². The van der Waals surface area contributed by atoms with E-state index in [1.807, 2.05) is 0 Å². The van der Waals surface area contributed by atoms with Crippen LogP contribution in [0.25, 0.3) is 0 Å². The maximum Gasteiger partial charge on any atom is 0.137 e. The van der Waals surface area contributed by atoms with Crippen molar-refractivity contribution in [1.82, 2.24) is 0 Å². The molecule has 3 N–H and O–H groups in total. The number of nitrogens with two attached hydrogens (primary N) is 1. The number of benzene rings is 1. The Labute approximate surface area is 86.3 Å². The van der Waals surface area contributed by atoms with E-state index in [0.29, 0.717) is 5.75 Å². The minimum atomic E-state index is -0.520. The van der Waals surface area contributed by atoms with Crippen LogP contribution in [0.3, 0.4) is 0 Å². The molecule has 0 radical (unpaired) electrons. The van der Waals surface area contributed by atoms with E-state index < -0.39 is 5.82 Å². The van der Waals surface area contributed by atoms with Crippen LogP contribution in [0.4, 0.5) is 4.39 Å². The molecule has 0 aliphatic rings. The Hall–Kier alpha value is -1.20. The number of hydrogen-bond acceptors (Lipinski definition) is 3. The fraction of sp³-hybridized carbons (Fsp3) is 0.222. The van der Waals surface area contributed by atoms with Crippen molar-refractivity contribution in [2.75, 3.05) is 13.2 Å². The molecule has 0 bridgehead atoms. The largest absolute Gasteiger partial charge is 0.491 e. The van der Waals surface area contributed by atoms with Crippen LogP contribution in [0.1, 0.15) is 5.56 Å². The van der Waals surface area contributed by atoms with Crippen LogP contribution in [0.15, 0.2) is 18.2 Å². The van der Waals surface area contributed by atoms with Gasteiger partial charge in [-0.15, -0.1) is 0 Å². The topological polar surface area (TPSA) is 55.5 Å². The number of thiocarbonyl (C=S) groups is 1. The molecule has 14 heavy (non-hydrogen) atoms. The molecule has 0 fully saturated rings. The molecule has 0 aliphatic carbocycles. The van der Waals surface area contributed by atoms with Gasteiger partial charge in [-0.25, -0.2) is 4.39 Å². The van der Waals surface area contributed by atoms with E-state index in [0.717, 1.165) is 0 Å². The minimum absolute atomic E-state index is 0.0104. The van der Waals surface area contributed by atoms with Crippen molar-refractivity contribution in [2.24, 2.45) is 5.73 Å². The third-order valence-electron chi connectivity index (χ3n) is 1.57. The summed E-state index contributed by atoms with van der Waals surface area (Å²) in [4.78, 5) is 0.0104. The first-order valence-electron chi connectivity index (χ1n) is 3.98. The van der Waals surface area contributed by atoms with Gasteiger partial charge in [0.05, 0.1) is 6.61 Å². The highest BCUT2D eigenvalue weighted by molar-refractivity contribution is 7.80. The van der Waals surface area contributed by atoms with Gasteiger partial charge in [-0.1, -0.05) is 12.2 Å². The van der Waals surface area contributed by atoms with E-state index >= 15 is 0 Å². The Morgan fingerprint density at radius 3 is 2.79 bits per heavy atom. The molecule has 1 aromatic rings. The Morgan fingerprint density at radius 2 is 2.29 bits per heavy atom. The normalized spacial score (nSPS) is 9.86. The SMILES string of the molecule is NC(=S)c1ccc(OCCO)cc1F. The quantitative estimate of drug-likeness (QED) is 0.730. The molecule has 0 aliphatic heterocycles. The average molecular weight is 215 g/mol. The van der Waals surface area contributed by atoms with Crippen molar-refractivity contribution in [1.29, 1.82) is 0 Å². The van der Waals surface area contributed by atoms with Gasteiger partial charge in [0.25, 0.3) is 0 Å². The summed E-state index contributed by atoms with van der Waals surface area (Å²) in [6, 6.07) is 4.18. The van der Waals surface area contributed by atoms with Crippen LogP contribution < -0.4 is 10.5 Å². The molecular weight excluding hydrogens is 205 g/mol. The summed E-state index contributed by atoms with van der Waals surface area (Å²) in [5, 5.41) is 8.48. The highest BCUT2D eigenvalue weighted by Gasteiger charge is 2.05. The molecule has 1 rings (SSSR count). The molecule has 0 heterocycles. The van der Waals surface area contributed by atoms with Crippen molar-refractivity contribution in [3.8, 4) is 5.75 Å². The fourth-order valence-corrected chi connectivity index (χ4v) is 1.11. The summed E-state index contributed by atoms with van der Waals surface area (Å²) in [6.45, 7) is 0.0184. The molecule has 5 heteroatoms. The van der Waals surface area contributed by atoms with Crippen LogP contribution >= 0.6 is 12.2 Å². The first kappa shape index (κ1) is 10.9. The Morgan fingerprint density at radius 1 is 1.57 bits per heavy atom. The second-order valence-electron chi connectivity index (χ2n) is 2.58. The molecule has 3 nitrogen and oxygen atoms in total. The van der Waals surface area contributed by atoms with Crippen molar-refractivity contribution in [3.63, 3.8) is 0 Å². The lowest BCUT2D eigenvalue weighted by atomic mass is 10.2. The lowest BCUT2D eigenvalue weighted by molar-refractivity contribution is 0.201. The summed E-state index contributed by atoms with van der Waals surface area (Å²) in [5.74, 6) is -0.176. The van der Waals surface area contributed by atoms with Crippen LogP contribution in [-0.2, 0) is 0 Å². The highest BCUT2D eigenvalue weighted by Crippen LogP contribution is 2.16. The smallest absolute Gasteiger partial charge is 0.137 e. The predicted molar refractivity (Wildman–Crippen MR) is 54.9 cm³/mol. The van der Waals surface area contributed by atoms with E-state index in [1.54, 1.807) is 6.07 Å². The van der Waals surface area contributed by atoms with Gasteiger partial charge in [-0.05, 0) is 12.1 Å². The van der Waals surface area contributed by atoms with Crippen LogP contribution in [0.2, 0.25) is 0 Å². The minimum Gasteiger partial charge on any atom is -0.491 e. The van der Waals surface area contributed by atoms with E-state index in [1.165, 1.54) is 12.1 Å². The third-order valence-corrected chi connectivity index (χ3v) is 1.79. The van der Waals surface area contributed by atoms with Gasteiger partial charge >= 0.3 is 0 Å². The average Bonchev–Trinajstić information content (AvgIpc) is 2.14. The fourth-order valence-electron chi connectivity index (χ4n) is 0.949. The molecule has 0 spiro atoms. The summed E-state index contributed by atoms with van der Waals surface area (Å²) >= 11 is 4.64. The second-order valence-corrected chi connectivity index (χ2v) is 3.02. The third kappa shape index (κ3) is 2.65. The maximum atomic E-state index is 13.2. The summed E-state index contributed by atoms with van der Waals surface area (Å²) in [7, 11) is 0. The Bertz CT molecular complexity index is 344. The number of hydrogen-bond donors (Lipinski definition) is 2. The number of aliphatic hydroxyl groups is 1. The first-order valence-corrected chi connectivity index (χ1v) is 4.39. The predicted octanol–water partition coefficient (Wildman–Crippen LogP) is 0.831. The molecule has 0 saturated carbocycles. The zero-order chi connectivity index (χ0) is 10.6. The molecular formula is C9H10FNO2S. The van der Waals surface area contributed by atoms with Gasteiger partial charge in [-0.2, -0.15) is 0 Å². The first-order chi connectivity index (χ1) is 6.65. The van der Waals surface area contributed by atoms with Gasteiger partial charge in [-0.3, -0.25) is 0 Å². The van der Waals surface area contributed by atoms with Gasteiger partial charge in [0.2, 0.25) is 0 Å². The summed E-state index contributed by atoms with van der Waals surface area (Å²) in [6.07, 6.45) is 0. The monoisotopic (exact) mass is 215 g/mol. The molecule has 1 aromatic carbocycles. The zero-order valence-corrected chi connectivity index (χ0v) is 8.18. The number of rotatable bonds is 4. The Kier molecular flexibility index (Phi) is 3.79. The molecule has 0 aromatic heterocycles. The summed E-state index contributed by atoms with van der Waals surface area (Å²) in [5.41, 5.74) is 5.47. The standard InChI is InChI=1S/C9H10FNO2S/c10-8-5-6(13-4-3-12)1-2-7(8)9(11)14/h1-2,5,12H,3-4H2,(H2,11,14). The highest BCUT2D eigenvalue weighted by atomic mass is 32.1. The van der Waals surface area contributed by atoms with Crippen molar-refractivity contribution in [2.45, 2.75) is 0 Å². The molecule has 0 atom stereocenters. The van der Waals surface area contributed by atoms with E-state index in [-0.39, 0.29) is 23.8 Å². The number of aliphatic hydroxyl groups excluding tert-OH is 1. The maximum absolute atomic E-state index is 13.2. The second kappa shape index (κ2) is 4.88. The van der Waals surface area contributed by atoms with Crippen molar-refractivity contribution in [3.05, 3.63) is 29.6 Å². The van der Waals surface area contributed by atoms with Gasteiger partial charge < -0.3 is 15.6 Å². The van der Waals surface area contributed by atoms with Gasteiger partial charge in [0.1, 0.15) is 23.2 Å². The lowest BCUT2D eigenvalue weighted by Crippen LogP contribution is -2.11.